The van der Waals surface area contributed by atoms with Crippen LogP contribution in [0.1, 0.15) is 26.0 Å². The first kappa shape index (κ1) is 10.9. The van der Waals surface area contributed by atoms with Crippen LogP contribution < -0.4 is 0 Å². The van der Waals surface area contributed by atoms with Crippen molar-refractivity contribution >= 4 is 65.0 Å². The van der Waals surface area contributed by atoms with Gasteiger partial charge in [-0.3, -0.25) is 0 Å². The molecule has 0 saturated carbocycles. The average Bonchev–Trinajstić information content (AvgIpc) is 3.63. The molecule has 8 aromatic carbocycles. The molecule has 41 heavy (non-hydrogen) atoms. The van der Waals surface area contributed by atoms with Crippen molar-refractivity contribution in [3.63, 3.8) is 0 Å². The summed E-state index contributed by atoms with van der Waals surface area (Å²) in [6.45, 7) is 0. The average molecular weight is 540 g/mol. The summed E-state index contributed by atoms with van der Waals surface area (Å²) in [7, 11) is 0. The van der Waals surface area contributed by atoms with Gasteiger partial charge in [0.1, 0.15) is 11.2 Å². The number of hydrogen-bond acceptors (Lipinski definition) is 1. The molecule has 1 aromatic heterocycles. The zero-order valence-corrected chi connectivity index (χ0v) is 20.8. The smallest absolute Gasteiger partial charge is 0.143 e. The van der Waals surface area contributed by atoms with Crippen LogP contribution in [0.15, 0.2) is 150 Å². The fourth-order valence-electron chi connectivity index (χ4n) is 5.66. The molecule has 0 fully saturated rings. The molecular weight excluding hydrogens is 496 g/mol. The maximum Gasteiger partial charge on any atom is 0.143 e. The summed E-state index contributed by atoms with van der Waals surface area (Å²) in [6.07, 6.45) is 0. The van der Waals surface area contributed by atoms with Crippen molar-refractivity contribution in [2.24, 2.45) is 0 Å². The Morgan fingerprint density at radius 3 is 1.51 bits per heavy atom. The topological polar surface area (TPSA) is 13.1 Å². The number of para-hydroxylation sites is 1. The van der Waals surface area contributed by atoms with Gasteiger partial charge in [0, 0.05) is 27.3 Å². The van der Waals surface area contributed by atoms with Crippen LogP contribution in [0.25, 0.3) is 87.3 Å². The maximum atomic E-state index is 9.45. The summed E-state index contributed by atoms with van der Waals surface area (Å²) < 4.78 is 177. The van der Waals surface area contributed by atoms with Crippen LogP contribution in [0.3, 0.4) is 0 Å². The van der Waals surface area contributed by atoms with E-state index in [1.54, 1.807) is 30.3 Å². The van der Waals surface area contributed by atoms with Gasteiger partial charge in [0.2, 0.25) is 0 Å². The molecule has 0 unspecified atom stereocenters. The second-order valence-corrected chi connectivity index (χ2v) is 9.38. The summed E-state index contributed by atoms with van der Waals surface area (Å²) in [6, 6.07) is -5.17. The van der Waals surface area contributed by atoms with Crippen molar-refractivity contribution in [1.82, 2.24) is 0 Å². The van der Waals surface area contributed by atoms with Crippen LogP contribution in [0, 0.1) is 0 Å². The molecule has 0 bridgehead atoms. The molecule has 0 saturated heterocycles. The van der Waals surface area contributed by atoms with E-state index >= 15 is 0 Å². The molecular formula is C40H24O. The maximum absolute atomic E-state index is 9.45. The Bertz CT molecular complexity index is 3440. The summed E-state index contributed by atoms with van der Waals surface area (Å²) in [5.41, 5.74) is -1.43. The first-order valence-corrected chi connectivity index (χ1v) is 12.6. The van der Waals surface area contributed by atoms with Crippen molar-refractivity contribution in [1.29, 1.82) is 0 Å². The van der Waals surface area contributed by atoms with Crippen molar-refractivity contribution in [2.45, 2.75) is 0 Å². The minimum Gasteiger partial charge on any atom is -0.455 e. The molecule has 190 valence electrons. The predicted octanol–water partition coefficient (Wildman–Crippen LogP) is 11.5. The van der Waals surface area contributed by atoms with Gasteiger partial charge < -0.3 is 4.42 Å². The Morgan fingerprint density at radius 1 is 0.390 bits per heavy atom. The normalized spacial score (nSPS) is 18.4. The predicted molar refractivity (Wildman–Crippen MR) is 175 cm³/mol. The van der Waals surface area contributed by atoms with Crippen molar-refractivity contribution < 1.29 is 30.5 Å². The minimum absolute atomic E-state index is 0.0166. The molecule has 0 aliphatic rings. The lowest BCUT2D eigenvalue weighted by Gasteiger charge is -2.17. The molecule has 0 spiro atoms. The van der Waals surface area contributed by atoms with E-state index in [-0.39, 0.29) is 59.4 Å². The first-order valence-electron chi connectivity index (χ1n) is 22.1. The van der Waals surface area contributed by atoms with Gasteiger partial charge in [-0.25, -0.2) is 0 Å². The highest BCUT2D eigenvalue weighted by atomic mass is 16.3. The van der Waals surface area contributed by atoms with Gasteiger partial charge in [-0.1, -0.05) is 145 Å². The number of furan rings is 1. The van der Waals surface area contributed by atoms with Crippen molar-refractivity contribution in [2.75, 3.05) is 0 Å². The molecule has 0 amide bonds. The standard InChI is InChI=1S/C40H24O/c1-2-13-25(14-3-1)36-29-18-7-9-20-31(29)37(32-21-10-8-19-30(32)36)34-23-12-24-35-38-28-17-6-4-15-26(28)27-16-5-11-22-33(27)40(38)41-39(34)35/h1-24H/i4D,5D,6D,7D,8D,9D,10D,11D,12D,15D,16D,17D,18D,19D,20D,21D,22D,23D,24D. The lowest BCUT2D eigenvalue weighted by Crippen LogP contribution is -1.90. The minimum atomic E-state index is -0.806. The Morgan fingerprint density at radius 2 is 0.878 bits per heavy atom. The highest BCUT2D eigenvalue weighted by Crippen LogP contribution is 2.48. The third kappa shape index (κ3) is 3.12. The van der Waals surface area contributed by atoms with Crippen LogP contribution in [-0.4, -0.2) is 0 Å². The Kier molecular flexibility index (Phi) is 2.27. The van der Waals surface area contributed by atoms with E-state index in [2.05, 4.69) is 0 Å². The van der Waals surface area contributed by atoms with Gasteiger partial charge in [0.25, 0.3) is 0 Å². The molecule has 1 heterocycles. The zero-order valence-electron chi connectivity index (χ0n) is 39.8. The fourth-order valence-corrected chi connectivity index (χ4v) is 5.66. The Balaban J connectivity index is 1.70. The Hall–Kier alpha value is -5.40. The molecule has 0 radical (unpaired) electrons. The molecule has 0 aliphatic heterocycles. The van der Waals surface area contributed by atoms with Gasteiger partial charge >= 0.3 is 0 Å². The van der Waals surface area contributed by atoms with Gasteiger partial charge in [-0.15, -0.1) is 0 Å². The quantitative estimate of drug-likeness (QED) is 0.157. The molecule has 1 heteroatoms. The second-order valence-electron chi connectivity index (χ2n) is 9.38. The van der Waals surface area contributed by atoms with Crippen LogP contribution in [-0.2, 0) is 0 Å². The van der Waals surface area contributed by atoms with Gasteiger partial charge in [0.05, 0.1) is 26.0 Å². The summed E-state index contributed by atoms with van der Waals surface area (Å²) in [5.74, 6) is 0. The largest absolute Gasteiger partial charge is 0.455 e. The number of hydrogen-bond donors (Lipinski definition) is 0. The van der Waals surface area contributed by atoms with E-state index in [0.29, 0.717) is 5.56 Å². The summed E-state index contributed by atoms with van der Waals surface area (Å²) >= 11 is 0. The van der Waals surface area contributed by atoms with E-state index in [1.165, 1.54) is 0 Å². The third-order valence-electron chi connectivity index (χ3n) is 7.30. The summed E-state index contributed by atoms with van der Waals surface area (Å²) in [5, 5.41) is -3.08. The van der Waals surface area contributed by atoms with E-state index in [4.69, 9.17) is 22.2 Å². The van der Waals surface area contributed by atoms with Crippen molar-refractivity contribution in [3.05, 3.63) is 145 Å². The van der Waals surface area contributed by atoms with Gasteiger partial charge in [-0.2, -0.15) is 0 Å². The number of rotatable bonds is 2. The van der Waals surface area contributed by atoms with E-state index in [9.17, 15) is 8.22 Å². The second kappa shape index (κ2) is 8.55. The first-order chi connectivity index (χ1) is 28.3. The van der Waals surface area contributed by atoms with E-state index < -0.39 is 137 Å². The molecule has 0 N–H and O–H groups in total. The lowest BCUT2D eigenvalue weighted by molar-refractivity contribution is 0.674. The lowest BCUT2D eigenvalue weighted by atomic mass is 9.85. The fraction of sp³-hybridized carbons (Fsp3) is 0. The Labute approximate surface area is 263 Å². The molecule has 1 nitrogen and oxygen atoms in total. The number of benzene rings is 8. The highest BCUT2D eigenvalue weighted by Gasteiger charge is 2.21. The summed E-state index contributed by atoms with van der Waals surface area (Å²) in [4.78, 5) is 0. The zero-order chi connectivity index (χ0) is 43.4. The van der Waals surface area contributed by atoms with Gasteiger partial charge in [0.15, 0.2) is 0 Å². The third-order valence-corrected chi connectivity index (χ3v) is 7.30. The van der Waals surface area contributed by atoms with Crippen LogP contribution in [0.4, 0.5) is 0 Å². The van der Waals surface area contributed by atoms with Crippen LogP contribution in [0.5, 0.6) is 0 Å². The van der Waals surface area contributed by atoms with Crippen LogP contribution in [0.2, 0.25) is 0 Å². The van der Waals surface area contributed by atoms with Gasteiger partial charge in [-0.05, 0) is 48.8 Å². The highest BCUT2D eigenvalue weighted by molar-refractivity contribution is 6.32. The number of fused-ring (bicyclic) bond motifs is 10. The monoisotopic (exact) mass is 539 g/mol. The SMILES string of the molecule is [2H]c1c([2H])c([2H])c2c(oc3c4c([2H])c([2H])c([2H])c([2H])c4c4c([2H])c([2H])c([2H])c([2H])c4c32)c1-c1c2c([2H])c([2H])c([2H])c([2H])c2c(-c2ccccc2)c2c([2H])c([2H])c([2H])c([2H])c12. The molecule has 0 atom stereocenters. The van der Waals surface area contributed by atoms with Crippen molar-refractivity contribution in [3.8, 4) is 22.3 Å². The molecule has 9 rings (SSSR count). The van der Waals surface area contributed by atoms with Crippen LogP contribution >= 0.6 is 0 Å². The molecule has 0 aliphatic carbocycles. The van der Waals surface area contributed by atoms with E-state index in [0.717, 1.165) is 0 Å². The molecule has 9 aromatic rings. The van der Waals surface area contributed by atoms with E-state index in [1.807, 2.05) is 0 Å².